The van der Waals surface area contributed by atoms with Gasteiger partial charge in [-0.05, 0) is 38.0 Å². The molecule has 0 bridgehead atoms. The molecule has 1 aromatic carbocycles. The van der Waals surface area contributed by atoms with E-state index < -0.39 is 0 Å². The number of hydrogen-bond acceptors (Lipinski definition) is 4. The van der Waals surface area contributed by atoms with Crippen LogP contribution >= 0.6 is 0 Å². The van der Waals surface area contributed by atoms with E-state index in [2.05, 4.69) is 20.1 Å². The number of rotatable bonds is 6. The van der Waals surface area contributed by atoms with Crippen molar-refractivity contribution >= 4 is 11.9 Å². The number of likely N-dealkylation sites (tertiary alicyclic amines) is 1. The zero-order chi connectivity index (χ0) is 20.6. The van der Waals surface area contributed by atoms with Crippen molar-refractivity contribution in [3.05, 3.63) is 35.4 Å². The number of carbonyl (C=O) groups excluding carboxylic acids is 1. The van der Waals surface area contributed by atoms with Gasteiger partial charge in [0.05, 0.1) is 13.2 Å². The molecule has 3 rings (SSSR count). The molecule has 0 radical (unpaired) electrons. The Morgan fingerprint density at radius 2 is 1.86 bits per heavy atom. The number of guanidine groups is 1. The van der Waals surface area contributed by atoms with Crippen LogP contribution in [0.25, 0.3) is 0 Å². The van der Waals surface area contributed by atoms with Crippen LogP contribution in [0.4, 0.5) is 0 Å². The molecule has 29 heavy (non-hydrogen) atoms. The lowest BCUT2D eigenvalue weighted by molar-refractivity contribution is 0.0195. The lowest BCUT2D eigenvalue weighted by atomic mass is 10.1. The maximum atomic E-state index is 12.4. The normalized spacial score (nSPS) is 20.7. The van der Waals surface area contributed by atoms with Crippen molar-refractivity contribution < 1.29 is 9.53 Å². The minimum Gasteiger partial charge on any atom is -0.379 e. The second-order valence-corrected chi connectivity index (χ2v) is 7.61. The first-order chi connectivity index (χ1) is 14.2. The van der Waals surface area contributed by atoms with Crippen molar-refractivity contribution in [3.63, 3.8) is 0 Å². The molecule has 2 saturated heterocycles. The molecule has 2 aliphatic heterocycles. The van der Waals surface area contributed by atoms with Crippen LogP contribution in [0.2, 0.25) is 0 Å². The zero-order valence-corrected chi connectivity index (χ0v) is 18.1. The van der Waals surface area contributed by atoms with Gasteiger partial charge in [-0.15, -0.1) is 0 Å². The topological polar surface area (TPSA) is 60.4 Å². The number of amides is 1. The Balaban J connectivity index is 1.51. The van der Waals surface area contributed by atoms with Crippen molar-refractivity contribution in [2.45, 2.75) is 32.9 Å². The summed E-state index contributed by atoms with van der Waals surface area (Å²) in [5, 5.41) is 3.48. The summed E-state index contributed by atoms with van der Waals surface area (Å²) in [5.74, 6) is 1.04. The third kappa shape index (κ3) is 5.48. The molecule has 1 unspecified atom stereocenters. The van der Waals surface area contributed by atoms with Crippen LogP contribution in [-0.2, 0) is 11.3 Å². The molecule has 0 aliphatic carbocycles. The lowest BCUT2D eigenvalue weighted by Gasteiger charge is -2.32. The van der Waals surface area contributed by atoms with Gasteiger partial charge in [-0.25, -0.2) is 0 Å². The number of carbonyl (C=O) groups is 1. The Morgan fingerprint density at radius 3 is 2.48 bits per heavy atom. The summed E-state index contributed by atoms with van der Waals surface area (Å²) in [6, 6.07) is 8.48. The number of nitrogens with one attached hydrogen (secondary N) is 1. The molecule has 0 saturated carbocycles. The predicted molar refractivity (Wildman–Crippen MR) is 116 cm³/mol. The third-order valence-electron chi connectivity index (χ3n) is 5.94. The largest absolute Gasteiger partial charge is 0.379 e. The monoisotopic (exact) mass is 401 g/mol. The van der Waals surface area contributed by atoms with Crippen molar-refractivity contribution in [3.8, 4) is 0 Å². The molecule has 0 aromatic heterocycles. The van der Waals surface area contributed by atoms with Gasteiger partial charge in [-0.1, -0.05) is 12.1 Å². The highest BCUT2D eigenvalue weighted by atomic mass is 16.5. The average molecular weight is 402 g/mol. The van der Waals surface area contributed by atoms with Crippen molar-refractivity contribution in [1.82, 2.24) is 20.0 Å². The molecular formula is C22H35N5O2. The first-order valence-corrected chi connectivity index (χ1v) is 10.8. The maximum absolute atomic E-state index is 12.4. The fraction of sp³-hybridized carbons (Fsp3) is 0.636. The summed E-state index contributed by atoms with van der Waals surface area (Å²) in [5.41, 5.74) is 1.89. The summed E-state index contributed by atoms with van der Waals surface area (Å²) in [7, 11) is 1.84. The van der Waals surface area contributed by atoms with Crippen LogP contribution in [0, 0.1) is 0 Å². The number of benzene rings is 1. The van der Waals surface area contributed by atoms with Crippen LogP contribution in [0.5, 0.6) is 0 Å². The van der Waals surface area contributed by atoms with Crippen LogP contribution < -0.4 is 5.32 Å². The highest BCUT2D eigenvalue weighted by Gasteiger charge is 2.30. The zero-order valence-electron chi connectivity index (χ0n) is 18.1. The Hall–Kier alpha value is -2.12. The number of ether oxygens (including phenoxy) is 1. The predicted octanol–water partition coefficient (Wildman–Crippen LogP) is 1.65. The fourth-order valence-electron chi connectivity index (χ4n) is 4.15. The van der Waals surface area contributed by atoms with Gasteiger partial charge in [0.25, 0.3) is 5.91 Å². The Kier molecular flexibility index (Phi) is 7.89. The van der Waals surface area contributed by atoms with Gasteiger partial charge in [-0.3, -0.25) is 14.7 Å². The van der Waals surface area contributed by atoms with E-state index in [4.69, 9.17) is 4.74 Å². The Bertz CT molecular complexity index is 681. The highest BCUT2D eigenvalue weighted by molar-refractivity contribution is 5.94. The number of hydrogen-bond donors (Lipinski definition) is 1. The molecule has 1 N–H and O–H groups in total. The molecule has 7 nitrogen and oxygen atoms in total. The van der Waals surface area contributed by atoms with E-state index in [0.29, 0.717) is 12.6 Å². The summed E-state index contributed by atoms with van der Waals surface area (Å²) < 4.78 is 5.48. The summed E-state index contributed by atoms with van der Waals surface area (Å²) in [6.45, 7) is 12.0. The molecule has 2 heterocycles. The van der Waals surface area contributed by atoms with E-state index in [-0.39, 0.29) is 5.91 Å². The number of aliphatic imine (C=N–C) groups is 1. The molecule has 160 valence electrons. The van der Waals surface area contributed by atoms with Crippen molar-refractivity contribution in [2.24, 2.45) is 4.99 Å². The van der Waals surface area contributed by atoms with Gasteiger partial charge < -0.3 is 19.9 Å². The van der Waals surface area contributed by atoms with E-state index in [0.717, 1.165) is 69.6 Å². The molecule has 2 fully saturated rings. The van der Waals surface area contributed by atoms with Crippen LogP contribution in [-0.4, -0.2) is 92.1 Å². The van der Waals surface area contributed by atoms with Crippen molar-refractivity contribution in [1.29, 1.82) is 0 Å². The fourth-order valence-corrected chi connectivity index (χ4v) is 4.15. The van der Waals surface area contributed by atoms with Gasteiger partial charge in [0.1, 0.15) is 0 Å². The molecule has 2 aliphatic rings. The Morgan fingerprint density at radius 1 is 1.17 bits per heavy atom. The van der Waals surface area contributed by atoms with Crippen LogP contribution in [0.3, 0.4) is 0 Å². The van der Waals surface area contributed by atoms with Crippen LogP contribution in [0.15, 0.2) is 29.3 Å². The van der Waals surface area contributed by atoms with Gasteiger partial charge in [0.15, 0.2) is 5.96 Å². The van der Waals surface area contributed by atoms with Crippen LogP contribution in [0.1, 0.15) is 36.2 Å². The second kappa shape index (κ2) is 10.6. The van der Waals surface area contributed by atoms with Crippen molar-refractivity contribution in [2.75, 3.05) is 59.5 Å². The number of morpholine rings is 1. The molecular weight excluding hydrogens is 366 g/mol. The summed E-state index contributed by atoms with van der Waals surface area (Å²) >= 11 is 0. The smallest absolute Gasteiger partial charge is 0.253 e. The van der Waals surface area contributed by atoms with E-state index in [1.165, 1.54) is 6.42 Å². The lowest BCUT2D eigenvalue weighted by Crippen LogP contribution is -2.46. The molecule has 1 atom stereocenters. The average Bonchev–Trinajstić information content (AvgIpc) is 3.26. The van der Waals surface area contributed by atoms with Gasteiger partial charge in [-0.2, -0.15) is 0 Å². The highest BCUT2D eigenvalue weighted by Crippen LogP contribution is 2.17. The standard InChI is InChI=1S/C22H35N5O2/c1-4-25(5-2)21(28)19-8-6-18(7-9-19)16-24-22(23-3)27-11-10-20(17-27)26-12-14-29-15-13-26/h6-9,20H,4-5,10-17H2,1-3H3,(H,23,24). The molecule has 1 amide bonds. The first-order valence-electron chi connectivity index (χ1n) is 10.8. The molecule has 7 heteroatoms. The second-order valence-electron chi connectivity index (χ2n) is 7.61. The minimum atomic E-state index is 0.0940. The number of nitrogens with zero attached hydrogens (tertiary/aromatic N) is 4. The quantitative estimate of drug-likeness (QED) is 0.580. The van der Waals surface area contributed by atoms with Gasteiger partial charge in [0, 0.05) is 64.5 Å². The SMILES string of the molecule is CCN(CC)C(=O)c1ccc(CNC(=NC)N2CCC(N3CCOCC3)C2)cc1. The first kappa shape index (κ1) is 21.6. The summed E-state index contributed by atoms with van der Waals surface area (Å²) in [6.07, 6.45) is 1.17. The molecule has 0 spiro atoms. The van der Waals surface area contributed by atoms with E-state index >= 15 is 0 Å². The maximum Gasteiger partial charge on any atom is 0.253 e. The van der Waals surface area contributed by atoms with Gasteiger partial charge >= 0.3 is 0 Å². The minimum absolute atomic E-state index is 0.0940. The van der Waals surface area contributed by atoms with E-state index in [1.807, 2.05) is 50.1 Å². The Labute approximate surface area is 174 Å². The summed E-state index contributed by atoms with van der Waals surface area (Å²) in [4.78, 5) is 23.7. The third-order valence-corrected chi connectivity index (χ3v) is 5.94. The van der Waals surface area contributed by atoms with Gasteiger partial charge in [0.2, 0.25) is 0 Å². The van der Waals surface area contributed by atoms with E-state index in [1.54, 1.807) is 0 Å². The molecule has 1 aromatic rings. The van der Waals surface area contributed by atoms with E-state index in [9.17, 15) is 4.79 Å².